The van der Waals surface area contributed by atoms with Crippen LogP contribution in [0.1, 0.15) is 43.1 Å². The maximum absolute atomic E-state index is 12.2. The van der Waals surface area contributed by atoms with Crippen molar-refractivity contribution in [3.05, 3.63) is 70.5 Å². The normalized spacial score (nSPS) is 10.9. The standard InChI is InChI=1S/C23H27ClN4OS/c1-3-4-13-25-22(29)12-11-21-26-27-23(28(21)20-10-5-7-17(2)14-20)30-16-18-8-6-9-19(24)15-18/h5-10,14-15H,3-4,11-13,16H2,1-2H3,(H,25,29). The van der Waals surface area contributed by atoms with Crippen molar-refractivity contribution in [2.45, 2.75) is 50.4 Å². The number of benzene rings is 2. The molecule has 30 heavy (non-hydrogen) atoms. The van der Waals surface area contributed by atoms with Gasteiger partial charge in [0.25, 0.3) is 0 Å². The Morgan fingerprint density at radius 3 is 2.77 bits per heavy atom. The summed E-state index contributed by atoms with van der Waals surface area (Å²) in [5.41, 5.74) is 3.30. The molecular formula is C23H27ClN4OS. The molecule has 0 aliphatic rings. The number of aryl methyl sites for hydroxylation is 2. The van der Waals surface area contributed by atoms with Gasteiger partial charge in [0.2, 0.25) is 5.91 Å². The lowest BCUT2D eigenvalue weighted by molar-refractivity contribution is -0.121. The summed E-state index contributed by atoms with van der Waals surface area (Å²) in [4.78, 5) is 12.2. The van der Waals surface area contributed by atoms with E-state index in [1.54, 1.807) is 11.8 Å². The van der Waals surface area contributed by atoms with Crippen molar-refractivity contribution in [3.8, 4) is 5.69 Å². The van der Waals surface area contributed by atoms with E-state index in [1.165, 1.54) is 0 Å². The number of hydrogen-bond donors (Lipinski definition) is 1. The number of nitrogens with zero attached hydrogens (tertiary/aromatic N) is 3. The SMILES string of the molecule is CCCCNC(=O)CCc1nnc(SCc2cccc(Cl)c2)n1-c1cccc(C)c1. The maximum Gasteiger partial charge on any atom is 0.220 e. The van der Waals surface area contributed by atoms with Crippen LogP contribution in [0.5, 0.6) is 0 Å². The zero-order valence-electron chi connectivity index (χ0n) is 17.4. The quantitative estimate of drug-likeness (QED) is 0.338. The minimum Gasteiger partial charge on any atom is -0.356 e. The van der Waals surface area contributed by atoms with Crippen molar-refractivity contribution in [2.24, 2.45) is 0 Å². The fourth-order valence-electron chi connectivity index (χ4n) is 3.08. The molecule has 1 aromatic heterocycles. The highest BCUT2D eigenvalue weighted by molar-refractivity contribution is 7.98. The molecule has 0 aliphatic heterocycles. The van der Waals surface area contributed by atoms with Crippen LogP contribution in [0.4, 0.5) is 0 Å². The van der Waals surface area contributed by atoms with Crippen LogP contribution in [0.15, 0.2) is 53.7 Å². The highest BCUT2D eigenvalue weighted by Crippen LogP contribution is 2.27. The number of rotatable bonds is 10. The zero-order valence-corrected chi connectivity index (χ0v) is 19.0. The molecule has 3 aromatic rings. The first-order valence-corrected chi connectivity index (χ1v) is 11.6. The Kier molecular flexibility index (Phi) is 8.34. The van der Waals surface area contributed by atoms with Crippen LogP contribution < -0.4 is 5.32 Å². The Balaban J connectivity index is 1.78. The molecule has 158 valence electrons. The van der Waals surface area contributed by atoms with Gasteiger partial charge in [0.15, 0.2) is 5.16 Å². The molecule has 1 heterocycles. The predicted molar refractivity (Wildman–Crippen MR) is 123 cm³/mol. The number of unbranched alkanes of at least 4 members (excludes halogenated alkanes) is 1. The van der Waals surface area contributed by atoms with Gasteiger partial charge in [-0.25, -0.2) is 0 Å². The monoisotopic (exact) mass is 442 g/mol. The second kappa shape index (κ2) is 11.2. The van der Waals surface area contributed by atoms with E-state index in [2.05, 4.69) is 46.1 Å². The van der Waals surface area contributed by atoms with Crippen molar-refractivity contribution in [1.29, 1.82) is 0 Å². The third kappa shape index (κ3) is 6.34. The van der Waals surface area contributed by atoms with Crippen molar-refractivity contribution >= 4 is 29.3 Å². The number of aromatic nitrogens is 3. The smallest absolute Gasteiger partial charge is 0.220 e. The van der Waals surface area contributed by atoms with Crippen LogP contribution >= 0.6 is 23.4 Å². The van der Waals surface area contributed by atoms with Crippen molar-refractivity contribution in [2.75, 3.05) is 6.54 Å². The number of carbonyl (C=O) groups excluding carboxylic acids is 1. The number of amides is 1. The largest absolute Gasteiger partial charge is 0.356 e. The first-order valence-electron chi connectivity index (χ1n) is 10.2. The molecule has 0 saturated carbocycles. The highest BCUT2D eigenvalue weighted by Gasteiger charge is 2.16. The lowest BCUT2D eigenvalue weighted by Gasteiger charge is -2.11. The van der Waals surface area contributed by atoms with E-state index in [0.29, 0.717) is 12.8 Å². The summed E-state index contributed by atoms with van der Waals surface area (Å²) in [6.45, 7) is 4.90. The molecule has 7 heteroatoms. The lowest BCUT2D eigenvalue weighted by atomic mass is 10.2. The summed E-state index contributed by atoms with van der Waals surface area (Å²) in [5, 5.41) is 13.3. The second-order valence-corrected chi connectivity index (χ2v) is 8.57. The van der Waals surface area contributed by atoms with Crippen LogP contribution in [0, 0.1) is 6.92 Å². The molecule has 0 aliphatic carbocycles. The van der Waals surface area contributed by atoms with Gasteiger partial charge in [-0.05, 0) is 48.7 Å². The molecule has 0 spiro atoms. The van der Waals surface area contributed by atoms with Gasteiger partial charge in [-0.2, -0.15) is 0 Å². The molecule has 5 nitrogen and oxygen atoms in total. The molecule has 0 bridgehead atoms. The van der Waals surface area contributed by atoms with Crippen molar-refractivity contribution in [1.82, 2.24) is 20.1 Å². The molecular weight excluding hydrogens is 416 g/mol. The molecule has 0 fully saturated rings. The van der Waals surface area contributed by atoms with Gasteiger partial charge < -0.3 is 5.32 Å². The minimum atomic E-state index is 0.0513. The van der Waals surface area contributed by atoms with Gasteiger partial charge in [-0.15, -0.1) is 10.2 Å². The van der Waals surface area contributed by atoms with E-state index in [-0.39, 0.29) is 5.91 Å². The molecule has 3 rings (SSSR count). The molecule has 1 N–H and O–H groups in total. The van der Waals surface area contributed by atoms with Crippen LogP contribution in [0.3, 0.4) is 0 Å². The summed E-state index contributed by atoms with van der Waals surface area (Å²) < 4.78 is 2.06. The first kappa shape index (κ1) is 22.4. The van der Waals surface area contributed by atoms with E-state index < -0.39 is 0 Å². The summed E-state index contributed by atoms with van der Waals surface area (Å²) >= 11 is 7.72. The predicted octanol–water partition coefficient (Wildman–Crippen LogP) is 5.37. The molecule has 0 radical (unpaired) electrons. The Morgan fingerprint density at radius 1 is 1.17 bits per heavy atom. The third-order valence-corrected chi connectivity index (χ3v) is 5.88. The molecule has 0 atom stereocenters. The molecule has 1 amide bonds. The topological polar surface area (TPSA) is 59.8 Å². The summed E-state index contributed by atoms with van der Waals surface area (Å²) in [6, 6.07) is 16.1. The summed E-state index contributed by atoms with van der Waals surface area (Å²) in [6.07, 6.45) is 2.99. The van der Waals surface area contributed by atoms with Crippen LogP contribution in [-0.2, 0) is 17.0 Å². The second-order valence-electron chi connectivity index (χ2n) is 7.20. The fourth-order valence-corrected chi connectivity index (χ4v) is 4.20. The van der Waals surface area contributed by atoms with Crippen LogP contribution in [0.2, 0.25) is 5.02 Å². The third-order valence-electron chi connectivity index (χ3n) is 4.65. The Labute approximate surface area is 187 Å². The summed E-state index contributed by atoms with van der Waals surface area (Å²) in [5.74, 6) is 1.58. The van der Waals surface area contributed by atoms with Crippen LogP contribution in [0.25, 0.3) is 5.69 Å². The fraction of sp³-hybridized carbons (Fsp3) is 0.348. The Bertz CT molecular complexity index is 989. The highest BCUT2D eigenvalue weighted by atomic mass is 35.5. The van der Waals surface area contributed by atoms with Gasteiger partial charge >= 0.3 is 0 Å². The minimum absolute atomic E-state index is 0.0513. The summed E-state index contributed by atoms with van der Waals surface area (Å²) in [7, 11) is 0. The average molecular weight is 443 g/mol. The van der Waals surface area contributed by atoms with Gasteiger partial charge in [0, 0.05) is 35.8 Å². The van der Waals surface area contributed by atoms with Crippen molar-refractivity contribution < 1.29 is 4.79 Å². The van der Waals surface area contributed by atoms with E-state index in [4.69, 9.17) is 11.6 Å². The molecule has 0 unspecified atom stereocenters. The number of carbonyl (C=O) groups is 1. The molecule has 2 aromatic carbocycles. The van der Waals surface area contributed by atoms with Crippen LogP contribution in [-0.4, -0.2) is 27.2 Å². The Hall–Kier alpha value is -2.31. The van der Waals surface area contributed by atoms with Crippen molar-refractivity contribution in [3.63, 3.8) is 0 Å². The number of thioether (sulfide) groups is 1. The average Bonchev–Trinajstić information content (AvgIpc) is 3.14. The molecule has 0 saturated heterocycles. The number of nitrogens with one attached hydrogen (secondary N) is 1. The van der Waals surface area contributed by atoms with Gasteiger partial charge in [-0.3, -0.25) is 9.36 Å². The lowest BCUT2D eigenvalue weighted by Crippen LogP contribution is -2.24. The number of hydrogen-bond acceptors (Lipinski definition) is 4. The maximum atomic E-state index is 12.2. The van der Waals surface area contributed by atoms with Gasteiger partial charge in [0.1, 0.15) is 5.82 Å². The van der Waals surface area contributed by atoms with Gasteiger partial charge in [-0.1, -0.05) is 61.0 Å². The van der Waals surface area contributed by atoms with Gasteiger partial charge in [0.05, 0.1) is 0 Å². The zero-order chi connectivity index (χ0) is 21.3. The first-order chi connectivity index (χ1) is 14.6. The van der Waals surface area contributed by atoms with E-state index in [9.17, 15) is 4.79 Å². The Morgan fingerprint density at radius 2 is 2.00 bits per heavy atom. The number of halogens is 1. The van der Waals surface area contributed by atoms with E-state index in [1.807, 2.05) is 36.4 Å². The van der Waals surface area contributed by atoms with E-state index in [0.717, 1.165) is 58.0 Å². The van der Waals surface area contributed by atoms with E-state index >= 15 is 0 Å².